The average Bonchev–Trinajstić information content (AvgIpc) is 2.67. The van der Waals surface area contributed by atoms with Crippen LogP contribution in [-0.4, -0.2) is 31.1 Å². The lowest BCUT2D eigenvalue weighted by atomic mass is 10.0. The lowest BCUT2D eigenvalue weighted by Gasteiger charge is -2.39. The van der Waals surface area contributed by atoms with Gasteiger partial charge >= 0.3 is 0 Å². The van der Waals surface area contributed by atoms with Gasteiger partial charge in [-0.25, -0.2) is 9.92 Å². The van der Waals surface area contributed by atoms with E-state index in [-0.39, 0.29) is 5.82 Å². The van der Waals surface area contributed by atoms with E-state index in [9.17, 15) is 4.39 Å². The Bertz CT molecular complexity index is 693. The third-order valence-corrected chi connectivity index (χ3v) is 4.95. The van der Waals surface area contributed by atoms with Crippen molar-refractivity contribution in [2.24, 2.45) is 10.8 Å². The Balaban J connectivity index is 1.60. The number of rotatable bonds is 5. The normalized spacial score (nSPS) is 18.0. The molecule has 25 heavy (non-hydrogen) atoms. The zero-order valence-electron chi connectivity index (χ0n) is 14.4. The van der Waals surface area contributed by atoms with Crippen LogP contribution in [0.25, 0.3) is 0 Å². The quantitative estimate of drug-likeness (QED) is 0.815. The van der Waals surface area contributed by atoms with Crippen molar-refractivity contribution in [2.45, 2.75) is 19.1 Å². The SMILES string of the molecule is C[C@@H](c1ccc([C@@H](N)N=N)cc1)N1CCN(c2ccc(F)cc2)CC1. The average molecular weight is 341 g/mol. The largest absolute Gasteiger partial charge is 0.369 e. The molecule has 3 N–H and O–H groups in total. The van der Waals surface area contributed by atoms with Gasteiger partial charge in [0.05, 0.1) is 0 Å². The van der Waals surface area contributed by atoms with Crippen molar-refractivity contribution in [1.82, 2.24) is 4.90 Å². The lowest BCUT2D eigenvalue weighted by Crippen LogP contribution is -2.47. The first-order valence-electron chi connectivity index (χ1n) is 8.55. The van der Waals surface area contributed by atoms with Gasteiger partial charge in [-0.05, 0) is 42.3 Å². The van der Waals surface area contributed by atoms with E-state index in [2.05, 4.69) is 34.0 Å². The molecule has 0 aromatic heterocycles. The molecule has 0 unspecified atom stereocenters. The molecule has 2 aromatic rings. The molecule has 3 rings (SSSR count). The number of nitrogens with two attached hydrogens (primary N) is 1. The van der Waals surface area contributed by atoms with Gasteiger partial charge in [0.15, 0.2) is 0 Å². The number of hydrogen-bond donors (Lipinski definition) is 2. The van der Waals surface area contributed by atoms with Gasteiger partial charge in [-0.15, -0.1) is 0 Å². The van der Waals surface area contributed by atoms with Crippen LogP contribution in [-0.2, 0) is 0 Å². The van der Waals surface area contributed by atoms with Crippen molar-refractivity contribution in [3.8, 4) is 0 Å². The smallest absolute Gasteiger partial charge is 0.143 e. The second-order valence-electron chi connectivity index (χ2n) is 6.42. The number of halogens is 1. The number of benzene rings is 2. The van der Waals surface area contributed by atoms with Crippen molar-refractivity contribution in [1.29, 1.82) is 5.53 Å². The van der Waals surface area contributed by atoms with Gasteiger partial charge in [-0.2, -0.15) is 5.11 Å². The number of nitrogens with zero attached hydrogens (tertiary/aromatic N) is 3. The van der Waals surface area contributed by atoms with E-state index >= 15 is 0 Å². The predicted octanol–water partition coefficient (Wildman–Crippen LogP) is 3.70. The lowest BCUT2D eigenvalue weighted by molar-refractivity contribution is 0.198. The van der Waals surface area contributed by atoms with Crippen molar-refractivity contribution < 1.29 is 4.39 Å². The van der Waals surface area contributed by atoms with Crippen LogP contribution in [0.1, 0.15) is 30.3 Å². The molecule has 2 atom stereocenters. The minimum Gasteiger partial charge on any atom is -0.369 e. The summed E-state index contributed by atoms with van der Waals surface area (Å²) in [5.74, 6) is -0.197. The highest BCUT2D eigenvalue weighted by Gasteiger charge is 2.22. The van der Waals surface area contributed by atoms with E-state index in [1.165, 1.54) is 17.7 Å². The Morgan fingerprint density at radius 2 is 1.52 bits per heavy atom. The first-order valence-corrected chi connectivity index (χ1v) is 8.55. The van der Waals surface area contributed by atoms with Gasteiger partial charge in [-0.3, -0.25) is 4.90 Å². The molecule has 0 spiro atoms. The molecule has 0 amide bonds. The van der Waals surface area contributed by atoms with Gasteiger partial charge in [0.2, 0.25) is 0 Å². The molecule has 6 heteroatoms. The highest BCUT2D eigenvalue weighted by molar-refractivity contribution is 5.46. The van der Waals surface area contributed by atoms with E-state index in [1.54, 1.807) is 0 Å². The summed E-state index contributed by atoms with van der Waals surface area (Å²) >= 11 is 0. The molecule has 132 valence electrons. The van der Waals surface area contributed by atoms with E-state index < -0.39 is 6.17 Å². The monoisotopic (exact) mass is 341 g/mol. The van der Waals surface area contributed by atoms with Crippen LogP contribution in [0.15, 0.2) is 53.6 Å². The molecule has 0 aliphatic carbocycles. The first-order chi connectivity index (χ1) is 12.1. The second-order valence-corrected chi connectivity index (χ2v) is 6.42. The summed E-state index contributed by atoms with van der Waals surface area (Å²) < 4.78 is 13.1. The molecular formula is C19H24FN5. The summed E-state index contributed by atoms with van der Waals surface area (Å²) in [5, 5.41) is 3.35. The van der Waals surface area contributed by atoms with E-state index in [0.29, 0.717) is 6.04 Å². The van der Waals surface area contributed by atoms with Crippen LogP contribution >= 0.6 is 0 Å². The van der Waals surface area contributed by atoms with Gasteiger partial charge in [0.25, 0.3) is 0 Å². The topological polar surface area (TPSA) is 68.7 Å². The number of hydrogen-bond acceptors (Lipinski definition) is 5. The molecule has 2 aromatic carbocycles. The molecule has 1 aliphatic heterocycles. The Morgan fingerprint density at radius 3 is 2.08 bits per heavy atom. The second kappa shape index (κ2) is 7.72. The molecule has 0 bridgehead atoms. The van der Waals surface area contributed by atoms with Crippen molar-refractivity contribution in [3.05, 3.63) is 65.5 Å². The predicted molar refractivity (Wildman–Crippen MR) is 97.1 cm³/mol. The number of anilines is 1. The summed E-state index contributed by atoms with van der Waals surface area (Å²) in [6, 6.07) is 15.1. The van der Waals surface area contributed by atoms with Gasteiger partial charge < -0.3 is 10.6 Å². The van der Waals surface area contributed by atoms with Crippen LogP contribution in [0.5, 0.6) is 0 Å². The molecular weight excluding hydrogens is 317 g/mol. The fourth-order valence-corrected chi connectivity index (χ4v) is 3.28. The molecule has 1 heterocycles. The third-order valence-electron chi connectivity index (χ3n) is 4.95. The third kappa shape index (κ3) is 4.03. The Kier molecular flexibility index (Phi) is 5.40. The Labute approximate surface area is 147 Å². The fraction of sp³-hybridized carbons (Fsp3) is 0.368. The molecule has 1 saturated heterocycles. The summed E-state index contributed by atoms with van der Waals surface area (Å²) in [7, 11) is 0. The maximum Gasteiger partial charge on any atom is 0.143 e. The molecule has 0 saturated carbocycles. The summed E-state index contributed by atoms with van der Waals surface area (Å²) in [6.45, 7) is 5.98. The van der Waals surface area contributed by atoms with Crippen LogP contribution in [0.3, 0.4) is 0 Å². The van der Waals surface area contributed by atoms with Crippen LogP contribution in [0, 0.1) is 11.3 Å². The maximum atomic E-state index is 13.1. The number of nitrogens with one attached hydrogen (secondary N) is 1. The molecule has 1 aliphatic rings. The van der Waals surface area contributed by atoms with Crippen LogP contribution in [0.2, 0.25) is 0 Å². The molecule has 1 fully saturated rings. The van der Waals surface area contributed by atoms with Crippen molar-refractivity contribution >= 4 is 5.69 Å². The maximum absolute atomic E-state index is 13.1. The molecule has 0 radical (unpaired) electrons. The number of piperazine rings is 1. The Hall–Kier alpha value is -2.31. The highest BCUT2D eigenvalue weighted by Crippen LogP contribution is 2.25. The summed E-state index contributed by atoms with van der Waals surface area (Å²) in [4.78, 5) is 4.74. The minimum absolute atomic E-state index is 0.197. The summed E-state index contributed by atoms with van der Waals surface area (Å²) in [5.41, 5.74) is 15.9. The van der Waals surface area contributed by atoms with Crippen LogP contribution < -0.4 is 10.6 Å². The zero-order valence-corrected chi connectivity index (χ0v) is 14.4. The fourth-order valence-electron chi connectivity index (χ4n) is 3.28. The van der Waals surface area contributed by atoms with Gasteiger partial charge in [0.1, 0.15) is 12.0 Å². The van der Waals surface area contributed by atoms with Crippen LogP contribution in [0.4, 0.5) is 10.1 Å². The Morgan fingerprint density at radius 1 is 0.960 bits per heavy atom. The van der Waals surface area contributed by atoms with E-state index in [0.717, 1.165) is 37.4 Å². The van der Waals surface area contributed by atoms with Gasteiger partial charge in [0, 0.05) is 37.9 Å². The van der Waals surface area contributed by atoms with Crippen molar-refractivity contribution in [2.75, 3.05) is 31.1 Å². The highest BCUT2D eigenvalue weighted by atomic mass is 19.1. The first kappa shape index (κ1) is 17.5. The van der Waals surface area contributed by atoms with E-state index in [1.807, 2.05) is 24.3 Å². The van der Waals surface area contributed by atoms with Gasteiger partial charge in [-0.1, -0.05) is 24.3 Å². The molecule has 5 nitrogen and oxygen atoms in total. The summed E-state index contributed by atoms with van der Waals surface area (Å²) in [6.07, 6.45) is -0.580. The standard InChI is InChI=1S/C19H24FN5/c1-14(15-2-4-16(5-3-15)19(21)23-22)24-10-12-25(13-11-24)18-8-6-17(20)7-9-18/h2-9,14,19,22H,10-13,21H2,1H3/t14-,19-/m0/s1. The zero-order chi connectivity index (χ0) is 17.8. The van der Waals surface area contributed by atoms with Crippen molar-refractivity contribution in [3.63, 3.8) is 0 Å². The van der Waals surface area contributed by atoms with E-state index in [4.69, 9.17) is 11.3 Å². The minimum atomic E-state index is -0.580.